The minimum atomic E-state index is -0.436. The predicted octanol–water partition coefficient (Wildman–Crippen LogP) is 3.26. The average molecular weight is 209 g/mol. The van der Waals surface area contributed by atoms with Gasteiger partial charge in [-0.1, -0.05) is 39.5 Å². The molecule has 0 aromatic rings. The first-order chi connectivity index (χ1) is 7.18. The van der Waals surface area contributed by atoms with Crippen LogP contribution in [0.15, 0.2) is 0 Å². The Bertz CT molecular complexity index is 233. The molecular formula is C13H23NO. The van der Waals surface area contributed by atoms with Gasteiger partial charge in [0.15, 0.2) is 0 Å². The summed E-state index contributed by atoms with van der Waals surface area (Å²) in [5, 5.41) is 19.5. The van der Waals surface area contributed by atoms with Crippen LogP contribution in [-0.2, 0) is 0 Å². The van der Waals surface area contributed by atoms with Crippen molar-refractivity contribution in [2.24, 2.45) is 11.3 Å². The molecule has 0 saturated heterocycles. The summed E-state index contributed by atoms with van der Waals surface area (Å²) in [6, 6.07) is 2.42. The molecule has 0 aliphatic heterocycles. The van der Waals surface area contributed by atoms with Crippen molar-refractivity contribution in [3.8, 4) is 6.07 Å². The van der Waals surface area contributed by atoms with Crippen LogP contribution in [0.3, 0.4) is 0 Å². The Morgan fingerprint density at radius 1 is 1.53 bits per heavy atom. The van der Waals surface area contributed by atoms with Crippen molar-refractivity contribution in [1.29, 1.82) is 5.26 Å². The third-order valence-corrected chi connectivity index (χ3v) is 3.89. The van der Waals surface area contributed by atoms with E-state index in [9.17, 15) is 10.4 Å². The van der Waals surface area contributed by atoms with E-state index in [0.29, 0.717) is 5.92 Å². The summed E-state index contributed by atoms with van der Waals surface area (Å²) in [6.07, 6.45) is 6.59. The van der Waals surface area contributed by atoms with Gasteiger partial charge in [-0.05, 0) is 25.2 Å². The Labute approximate surface area is 93.3 Å². The lowest BCUT2D eigenvalue weighted by Gasteiger charge is -2.38. The molecule has 0 spiro atoms. The van der Waals surface area contributed by atoms with Gasteiger partial charge in [0.2, 0.25) is 0 Å². The van der Waals surface area contributed by atoms with Crippen molar-refractivity contribution < 1.29 is 5.11 Å². The molecule has 2 heteroatoms. The topological polar surface area (TPSA) is 44.0 Å². The first kappa shape index (κ1) is 12.5. The molecule has 15 heavy (non-hydrogen) atoms. The Hall–Kier alpha value is -0.550. The van der Waals surface area contributed by atoms with Crippen molar-refractivity contribution in [3.63, 3.8) is 0 Å². The van der Waals surface area contributed by atoms with Crippen LogP contribution in [0, 0.1) is 22.7 Å². The fourth-order valence-electron chi connectivity index (χ4n) is 2.80. The second-order valence-corrected chi connectivity index (χ2v) is 4.94. The van der Waals surface area contributed by atoms with E-state index < -0.39 is 11.5 Å². The van der Waals surface area contributed by atoms with Gasteiger partial charge in [-0.2, -0.15) is 5.26 Å². The summed E-state index contributed by atoms with van der Waals surface area (Å²) in [6.45, 7) is 4.25. The summed E-state index contributed by atoms with van der Waals surface area (Å²) < 4.78 is 0. The zero-order valence-electron chi connectivity index (χ0n) is 10.00. The maximum atomic E-state index is 10.1. The lowest BCUT2D eigenvalue weighted by Crippen LogP contribution is -2.38. The highest BCUT2D eigenvalue weighted by Gasteiger charge is 2.41. The SMILES string of the molecule is CCCC(O)C1(C#N)CCCC(CC)C1. The largest absolute Gasteiger partial charge is 0.391 e. The fourth-order valence-corrected chi connectivity index (χ4v) is 2.80. The van der Waals surface area contributed by atoms with Crippen LogP contribution in [0.25, 0.3) is 0 Å². The molecular weight excluding hydrogens is 186 g/mol. The number of aliphatic hydroxyl groups excluding tert-OH is 1. The standard InChI is InChI=1S/C13H23NO/c1-3-6-12(15)13(10-14)8-5-7-11(4-2)9-13/h11-12,15H,3-9H2,1-2H3. The van der Waals surface area contributed by atoms with Gasteiger partial charge in [0.25, 0.3) is 0 Å². The molecule has 0 bridgehead atoms. The van der Waals surface area contributed by atoms with Crippen LogP contribution in [0.5, 0.6) is 0 Å². The van der Waals surface area contributed by atoms with Gasteiger partial charge in [0, 0.05) is 0 Å². The summed E-state index contributed by atoms with van der Waals surface area (Å²) >= 11 is 0. The fraction of sp³-hybridized carbons (Fsp3) is 0.923. The van der Waals surface area contributed by atoms with E-state index in [4.69, 9.17) is 0 Å². The molecule has 1 aliphatic carbocycles. The number of nitriles is 1. The summed E-state index contributed by atoms with van der Waals surface area (Å²) in [4.78, 5) is 0. The molecule has 1 fully saturated rings. The lowest BCUT2D eigenvalue weighted by atomic mass is 9.66. The Morgan fingerprint density at radius 2 is 2.27 bits per heavy atom. The van der Waals surface area contributed by atoms with Crippen molar-refractivity contribution in [3.05, 3.63) is 0 Å². The van der Waals surface area contributed by atoms with E-state index in [1.807, 2.05) is 0 Å². The Morgan fingerprint density at radius 3 is 2.80 bits per heavy atom. The molecule has 0 radical (unpaired) electrons. The molecule has 3 unspecified atom stereocenters. The second-order valence-electron chi connectivity index (χ2n) is 4.94. The molecule has 0 aromatic heterocycles. The Balaban J connectivity index is 2.71. The van der Waals surface area contributed by atoms with Crippen molar-refractivity contribution >= 4 is 0 Å². The summed E-state index contributed by atoms with van der Waals surface area (Å²) in [5.74, 6) is 0.643. The first-order valence-corrected chi connectivity index (χ1v) is 6.27. The zero-order valence-corrected chi connectivity index (χ0v) is 10.00. The second kappa shape index (κ2) is 5.51. The molecule has 1 rings (SSSR count). The number of hydrogen-bond acceptors (Lipinski definition) is 2. The van der Waals surface area contributed by atoms with Gasteiger partial charge in [-0.25, -0.2) is 0 Å². The van der Waals surface area contributed by atoms with E-state index in [1.165, 1.54) is 6.42 Å². The molecule has 0 heterocycles. The van der Waals surface area contributed by atoms with Crippen LogP contribution >= 0.6 is 0 Å². The minimum absolute atomic E-state index is 0.415. The van der Waals surface area contributed by atoms with E-state index >= 15 is 0 Å². The van der Waals surface area contributed by atoms with E-state index in [2.05, 4.69) is 19.9 Å². The molecule has 0 amide bonds. The third-order valence-electron chi connectivity index (χ3n) is 3.89. The van der Waals surface area contributed by atoms with Crippen LogP contribution in [0.1, 0.15) is 58.8 Å². The highest BCUT2D eigenvalue weighted by atomic mass is 16.3. The van der Waals surface area contributed by atoms with Crippen LogP contribution in [-0.4, -0.2) is 11.2 Å². The molecule has 1 saturated carbocycles. The first-order valence-electron chi connectivity index (χ1n) is 6.27. The van der Waals surface area contributed by atoms with Crippen molar-refractivity contribution in [2.45, 2.75) is 64.9 Å². The lowest BCUT2D eigenvalue weighted by molar-refractivity contribution is 0.0140. The maximum absolute atomic E-state index is 10.1. The smallest absolute Gasteiger partial charge is 0.0834 e. The van der Waals surface area contributed by atoms with Gasteiger partial charge < -0.3 is 5.11 Å². The summed E-state index contributed by atoms with van der Waals surface area (Å²) in [5.41, 5.74) is -0.436. The van der Waals surface area contributed by atoms with E-state index in [0.717, 1.165) is 38.5 Å². The molecule has 1 N–H and O–H groups in total. The predicted molar refractivity (Wildman–Crippen MR) is 61.2 cm³/mol. The molecule has 1 aliphatic rings. The van der Waals surface area contributed by atoms with Crippen LogP contribution < -0.4 is 0 Å². The number of nitrogens with zero attached hydrogens (tertiary/aromatic N) is 1. The number of hydrogen-bond donors (Lipinski definition) is 1. The monoisotopic (exact) mass is 209 g/mol. The van der Waals surface area contributed by atoms with Gasteiger partial charge in [0.1, 0.15) is 0 Å². The van der Waals surface area contributed by atoms with Crippen LogP contribution in [0.2, 0.25) is 0 Å². The van der Waals surface area contributed by atoms with Crippen LogP contribution in [0.4, 0.5) is 0 Å². The Kier molecular flexibility index (Phi) is 4.60. The molecule has 86 valence electrons. The van der Waals surface area contributed by atoms with Crippen molar-refractivity contribution in [2.75, 3.05) is 0 Å². The maximum Gasteiger partial charge on any atom is 0.0834 e. The van der Waals surface area contributed by atoms with Gasteiger partial charge in [-0.15, -0.1) is 0 Å². The van der Waals surface area contributed by atoms with Gasteiger partial charge in [-0.3, -0.25) is 0 Å². The normalized spacial score (nSPS) is 33.3. The quantitative estimate of drug-likeness (QED) is 0.772. The molecule has 3 atom stereocenters. The average Bonchev–Trinajstić information content (AvgIpc) is 2.29. The number of rotatable bonds is 4. The third kappa shape index (κ3) is 2.72. The zero-order chi connectivity index (χ0) is 11.3. The van der Waals surface area contributed by atoms with E-state index in [1.54, 1.807) is 0 Å². The summed E-state index contributed by atoms with van der Waals surface area (Å²) in [7, 11) is 0. The van der Waals surface area contributed by atoms with Gasteiger partial charge in [0.05, 0.1) is 17.6 Å². The van der Waals surface area contributed by atoms with E-state index in [-0.39, 0.29) is 0 Å². The highest BCUT2D eigenvalue weighted by Crippen LogP contribution is 2.43. The molecule has 2 nitrogen and oxygen atoms in total. The highest BCUT2D eigenvalue weighted by molar-refractivity contribution is 5.06. The van der Waals surface area contributed by atoms with Gasteiger partial charge >= 0.3 is 0 Å². The number of aliphatic hydroxyl groups is 1. The molecule has 0 aromatic carbocycles. The van der Waals surface area contributed by atoms with Crippen molar-refractivity contribution in [1.82, 2.24) is 0 Å². The minimum Gasteiger partial charge on any atom is -0.391 e.